The van der Waals surface area contributed by atoms with Gasteiger partial charge in [0.2, 0.25) is 5.78 Å². The number of amides is 1. The number of rotatable bonds is 6. The monoisotopic (exact) mass is 350 g/mol. The summed E-state index contributed by atoms with van der Waals surface area (Å²) in [5.74, 6) is -0.106. The van der Waals surface area contributed by atoms with Crippen LogP contribution in [0.4, 0.5) is 0 Å². The van der Waals surface area contributed by atoms with Gasteiger partial charge in [-0.2, -0.15) is 0 Å². The Morgan fingerprint density at radius 3 is 2.36 bits per heavy atom. The van der Waals surface area contributed by atoms with Crippen LogP contribution in [-0.2, 0) is 9.53 Å². The minimum absolute atomic E-state index is 0.0317. The molecule has 2 rings (SSSR count). The molecule has 7 heteroatoms. The van der Waals surface area contributed by atoms with E-state index in [1.165, 1.54) is 6.92 Å². The number of nitrogens with one attached hydrogen (secondary N) is 2. The Morgan fingerprint density at radius 2 is 1.84 bits per heavy atom. The molecule has 1 saturated heterocycles. The molecule has 0 aromatic carbocycles. The number of carbonyl (C=O) groups is 3. The van der Waals surface area contributed by atoms with Crippen LogP contribution in [0.15, 0.2) is 0 Å². The van der Waals surface area contributed by atoms with Gasteiger partial charge in [-0.05, 0) is 33.3 Å². The normalized spacial score (nSPS) is 17.2. The molecule has 1 amide bonds. The van der Waals surface area contributed by atoms with E-state index in [1.807, 2.05) is 14.0 Å². The maximum absolute atomic E-state index is 12.8. The number of likely N-dealkylation sites (N-methyl/N-ethyl adjacent to an activating group) is 1. The highest BCUT2D eigenvalue weighted by Crippen LogP contribution is 2.19. The summed E-state index contributed by atoms with van der Waals surface area (Å²) in [6.45, 7) is 9.48. The number of morpholine rings is 1. The van der Waals surface area contributed by atoms with Gasteiger partial charge in [-0.15, -0.1) is 0 Å². The lowest BCUT2D eigenvalue weighted by atomic mass is 10.0. The lowest BCUT2D eigenvalue weighted by molar-refractivity contribution is -0.885. The van der Waals surface area contributed by atoms with Crippen molar-refractivity contribution in [1.82, 2.24) is 9.88 Å². The smallest absolute Gasteiger partial charge is 0.277 e. The zero-order valence-electron chi connectivity index (χ0n) is 15.7. The van der Waals surface area contributed by atoms with Crippen molar-refractivity contribution in [3.8, 4) is 0 Å². The highest BCUT2D eigenvalue weighted by Gasteiger charge is 2.30. The van der Waals surface area contributed by atoms with Crippen molar-refractivity contribution in [2.45, 2.75) is 33.7 Å². The van der Waals surface area contributed by atoms with Crippen molar-refractivity contribution in [3.63, 3.8) is 0 Å². The van der Waals surface area contributed by atoms with E-state index in [1.54, 1.807) is 18.7 Å². The van der Waals surface area contributed by atoms with Crippen LogP contribution >= 0.6 is 0 Å². The van der Waals surface area contributed by atoms with Crippen molar-refractivity contribution in [3.05, 3.63) is 22.5 Å². The Bertz CT molecular complexity index is 674. The van der Waals surface area contributed by atoms with Crippen LogP contribution in [0.5, 0.6) is 0 Å². The van der Waals surface area contributed by atoms with Crippen molar-refractivity contribution in [1.29, 1.82) is 0 Å². The number of nitrogens with zero attached hydrogens (tertiary/aromatic N) is 1. The zero-order valence-corrected chi connectivity index (χ0v) is 15.7. The lowest BCUT2D eigenvalue weighted by Gasteiger charge is -2.28. The van der Waals surface area contributed by atoms with Gasteiger partial charge in [0.1, 0.15) is 0 Å². The van der Waals surface area contributed by atoms with Crippen LogP contribution in [0.3, 0.4) is 0 Å². The lowest BCUT2D eigenvalue weighted by Crippen LogP contribution is -3.14. The summed E-state index contributed by atoms with van der Waals surface area (Å²) >= 11 is 0. The van der Waals surface area contributed by atoms with Gasteiger partial charge in [0.15, 0.2) is 18.4 Å². The Morgan fingerprint density at radius 1 is 1.24 bits per heavy atom. The van der Waals surface area contributed by atoms with E-state index in [4.69, 9.17) is 4.74 Å². The molecule has 1 aromatic heterocycles. The summed E-state index contributed by atoms with van der Waals surface area (Å²) in [4.78, 5) is 42.6. The third-order valence-electron chi connectivity index (χ3n) is 4.96. The van der Waals surface area contributed by atoms with Gasteiger partial charge < -0.3 is 19.5 Å². The van der Waals surface area contributed by atoms with Gasteiger partial charge in [-0.1, -0.05) is 0 Å². The van der Waals surface area contributed by atoms with Crippen molar-refractivity contribution in [2.24, 2.45) is 0 Å². The quantitative estimate of drug-likeness (QED) is 0.695. The third kappa shape index (κ3) is 4.16. The highest BCUT2D eigenvalue weighted by atomic mass is 16.5. The molecular formula is C18H28N3O4+. The number of aromatic amines is 1. The Kier molecular flexibility index (Phi) is 6.13. The summed E-state index contributed by atoms with van der Waals surface area (Å²) in [6.07, 6.45) is 0. The summed E-state index contributed by atoms with van der Waals surface area (Å²) in [5, 5.41) is 0. The molecule has 2 atom stereocenters. The van der Waals surface area contributed by atoms with Crippen LogP contribution < -0.4 is 4.90 Å². The fourth-order valence-electron chi connectivity index (χ4n) is 3.28. The van der Waals surface area contributed by atoms with Crippen molar-refractivity contribution < 1.29 is 24.0 Å². The van der Waals surface area contributed by atoms with E-state index < -0.39 is 0 Å². The molecule has 7 nitrogen and oxygen atoms in total. The van der Waals surface area contributed by atoms with E-state index >= 15 is 0 Å². The Hall–Kier alpha value is -1.99. The predicted molar refractivity (Wildman–Crippen MR) is 93.2 cm³/mol. The number of ether oxygens (including phenoxy) is 1. The molecule has 1 fully saturated rings. The summed E-state index contributed by atoms with van der Waals surface area (Å²) < 4.78 is 5.26. The first kappa shape index (κ1) is 19.3. The van der Waals surface area contributed by atoms with Crippen LogP contribution in [0.1, 0.15) is 46.0 Å². The van der Waals surface area contributed by atoms with Gasteiger partial charge in [-0.3, -0.25) is 14.4 Å². The van der Waals surface area contributed by atoms with E-state index in [9.17, 15) is 14.4 Å². The molecule has 1 aromatic rings. The number of ketones is 2. The van der Waals surface area contributed by atoms with Crippen LogP contribution in [0.2, 0.25) is 0 Å². The second-order valence-corrected chi connectivity index (χ2v) is 6.78. The number of Topliss-reactive ketones (excluding diaryl/α,β-unsaturated/α-hetero) is 2. The van der Waals surface area contributed by atoms with Crippen LogP contribution in [0, 0.1) is 13.8 Å². The molecule has 0 bridgehead atoms. The fraction of sp³-hybridized carbons (Fsp3) is 0.611. The number of H-pyrrole nitrogens is 1. The van der Waals surface area contributed by atoms with E-state index in [2.05, 4.69) is 4.98 Å². The molecule has 0 spiro atoms. The van der Waals surface area contributed by atoms with Gasteiger partial charge >= 0.3 is 0 Å². The number of quaternary nitrogens is 1. The topological polar surface area (TPSA) is 83.9 Å². The number of aryl methyl sites for hydroxylation is 1. The number of aromatic nitrogens is 1. The predicted octanol–water partition coefficient (Wildman–Crippen LogP) is -0.221. The first-order valence-corrected chi connectivity index (χ1v) is 8.66. The molecule has 2 N–H and O–H groups in total. The molecule has 0 radical (unpaired) electrons. The standard InChI is InChI=1S/C18H27N3O4/c1-11-16(14(4)22)12(2)19-17(11)18(24)13(3)20(5)10-15(23)21-6-8-25-9-7-21/h13,19H,6-10H2,1-5H3/p+1/t13-/m1/s1. The van der Waals surface area contributed by atoms with Crippen LogP contribution in [0.25, 0.3) is 0 Å². The molecule has 1 aliphatic heterocycles. The fourth-order valence-corrected chi connectivity index (χ4v) is 3.28. The number of carbonyl (C=O) groups excluding carboxylic acids is 3. The van der Waals surface area contributed by atoms with Crippen LogP contribution in [-0.4, -0.2) is 73.3 Å². The average Bonchev–Trinajstić information content (AvgIpc) is 2.88. The first-order chi connectivity index (χ1) is 11.7. The second kappa shape index (κ2) is 7.93. The molecular weight excluding hydrogens is 322 g/mol. The summed E-state index contributed by atoms with van der Waals surface area (Å²) in [7, 11) is 1.85. The van der Waals surface area contributed by atoms with Gasteiger partial charge in [-0.25, -0.2) is 0 Å². The molecule has 138 valence electrons. The average molecular weight is 350 g/mol. The van der Waals surface area contributed by atoms with E-state index in [-0.39, 0.29) is 30.1 Å². The summed E-state index contributed by atoms with van der Waals surface area (Å²) in [6, 6.07) is -0.387. The zero-order chi connectivity index (χ0) is 18.7. The third-order valence-corrected chi connectivity index (χ3v) is 4.96. The molecule has 0 aliphatic carbocycles. The van der Waals surface area contributed by atoms with Gasteiger partial charge in [0, 0.05) is 24.3 Å². The SMILES string of the molecule is CC(=O)c1c(C)[nH]c(C(=O)[C@@H](C)[NH+](C)CC(=O)N2CCOCC2)c1C. The maximum Gasteiger partial charge on any atom is 0.277 e. The maximum atomic E-state index is 12.8. The largest absolute Gasteiger partial charge is 0.378 e. The van der Waals surface area contributed by atoms with Gasteiger partial charge in [0.25, 0.3) is 5.91 Å². The second-order valence-electron chi connectivity index (χ2n) is 6.78. The molecule has 25 heavy (non-hydrogen) atoms. The molecule has 1 aliphatic rings. The Labute approximate surface area is 148 Å². The number of hydrogen-bond acceptors (Lipinski definition) is 4. The van der Waals surface area contributed by atoms with Gasteiger partial charge in [0.05, 0.1) is 26.0 Å². The first-order valence-electron chi connectivity index (χ1n) is 8.66. The minimum Gasteiger partial charge on any atom is -0.378 e. The molecule has 2 heterocycles. The van der Waals surface area contributed by atoms with Crippen molar-refractivity contribution >= 4 is 17.5 Å². The van der Waals surface area contributed by atoms with Crippen molar-refractivity contribution in [2.75, 3.05) is 39.9 Å². The van der Waals surface area contributed by atoms with E-state index in [0.29, 0.717) is 48.8 Å². The summed E-state index contributed by atoms with van der Waals surface area (Å²) in [5.41, 5.74) is 2.45. The number of hydrogen-bond donors (Lipinski definition) is 2. The van der Waals surface area contributed by atoms with E-state index in [0.717, 1.165) is 4.90 Å². The molecule has 0 saturated carbocycles. The highest BCUT2D eigenvalue weighted by molar-refractivity contribution is 6.04. The molecule has 1 unspecified atom stereocenters. The minimum atomic E-state index is -0.387. The Balaban J connectivity index is 2.07.